The van der Waals surface area contributed by atoms with Crippen LogP contribution >= 0.6 is 22.9 Å². The summed E-state index contributed by atoms with van der Waals surface area (Å²) in [6.07, 6.45) is 0. The Balaban J connectivity index is 1.78. The van der Waals surface area contributed by atoms with E-state index in [1.807, 2.05) is 11.4 Å². The average Bonchev–Trinajstić information content (AvgIpc) is 2.82. The summed E-state index contributed by atoms with van der Waals surface area (Å²) in [5, 5.41) is 8.71. The van der Waals surface area contributed by atoms with E-state index >= 15 is 0 Å². The lowest BCUT2D eigenvalue weighted by molar-refractivity contribution is 1.20. The molecule has 3 aromatic rings. The van der Waals surface area contributed by atoms with E-state index in [0.717, 1.165) is 17.3 Å². The molecule has 0 radical (unpaired) electrons. The fourth-order valence-electron chi connectivity index (χ4n) is 1.93. The number of fused-ring (bicyclic) bond motifs is 1. The number of thiophene rings is 1. The lowest BCUT2D eigenvalue weighted by Crippen LogP contribution is -1.96. The van der Waals surface area contributed by atoms with Gasteiger partial charge in [-0.25, -0.2) is 0 Å². The van der Waals surface area contributed by atoms with Crippen LogP contribution in [0.25, 0.3) is 10.8 Å². The molecule has 0 fully saturated rings. The van der Waals surface area contributed by atoms with Crippen LogP contribution in [0.5, 0.6) is 0 Å². The average molecular weight is 274 g/mol. The molecular formula is C15H12ClNS. The summed E-state index contributed by atoms with van der Waals surface area (Å²) in [7, 11) is 0. The zero-order chi connectivity index (χ0) is 12.4. The van der Waals surface area contributed by atoms with Gasteiger partial charge in [0, 0.05) is 22.5 Å². The smallest absolute Gasteiger partial charge is 0.0516 e. The van der Waals surface area contributed by atoms with E-state index in [2.05, 4.69) is 47.8 Å². The summed E-state index contributed by atoms with van der Waals surface area (Å²) in [5.41, 5.74) is 1.14. The standard InChI is InChI=1S/C15H12ClNS/c16-13-8-15(18-10-13)9-17-14-6-5-11-3-1-2-4-12(11)7-14/h1-8,10,17H,9H2. The Morgan fingerprint density at radius 1 is 1.00 bits per heavy atom. The van der Waals surface area contributed by atoms with Crippen molar-refractivity contribution in [3.63, 3.8) is 0 Å². The molecule has 0 spiro atoms. The van der Waals surface area contributed by atoms with Crippen molar-refractivity contribution in [1.82, 2.24) is 0 Å². The highest BCUT2D eigenvalue weighted by Crippen LogP contribution is 2.22. The Hall–Kier alpha value is -1.51. The third-order valence-electron chi connectivity index (χ3n) is 2.84. The fourth-order valence-corrected chi connectivity index (χ4v) is 2.95. The third kappa shape index (κ3) is 2.50. The Morgan fingerprint density at radius 2 is 1.83 bits per heavy atom. The maximum absolute atomic E-state index is 5.90. The first-order valence-electron chi connectivity index (χ1n) is 5.77. The number of benzene rings is 2. The Kier molecular flexibility index (Phi) is 3.22. The number of nitrogens with one attached hydrogen (secondary N) is 1. The molecule has 0 saturated heterocycles. The van der Waals surface area contributed by atoms with Crippen LogP contribution < -0.4 is 5.32 Å². The van der Waals surface area contributed by atoms with Crippen LogP contribution in [0.3, 0.4) is 0 Å². The van der Waals surface area contributed by atoms with Crippen LogP contribution in [0.2, 0.25) is 5.02 Å². The second-order valence-corrected chi connectivity index (χ2v) is 5.58. The second kappa shape index (κ2) is 5.01. The van der Waals surface area contributed by atoms with Crippen LogP contribution in [0, 0.1) is 0 Å². The summed E-state index contributed by atoms with van der Waals surface area (Å²) in [6, 6.07) is 16.8. The molecule has 1 heterocycles. The monoisotopic (exact) mass is 273 g/mol. The molecule has 2 aromatic carbocycles. The highest BCUT2D eigenvalue weighted by atomic mass is 35.5. The summed E-state index contributed by atoms with van der Waals surface area (Å²) in [4.78, 5) is 1.24. The molecule has 1 aromatic heterocycles. The number of rotatable bonds is 3. The predicted octanol–water partition coefficient (Wildman–Crippen LogP) is 5.17. The van der Waals surface area contributed by atoms with Crippen molar-refractivity contribution in [3.05, 3.63) is 63.8 Å². The maximum Gasteiger partial charge on any atom is 0.0516 e. The van der Waals surface area contributed by atoms with E-state index in [0.29, 0.717) is 0 Å². The van der Waals surface area contributed by atoms with Gasteiger partial charge in [0.1, 0.15) is 0 Å². The van der Waals surface area contributed by atoms with Crippen LogP contribution in [-0.4, -0.2) is 0 Å². The van der Waals surface area contributed by atoms with Crippen LogP contribution in [0.4, 0.5) is 5.69 Å². The van der Waals surface area contributed by atoms with Crippen molar-refractivity contribution in [2.45, 2.75) is 6.54 Å². The summed E-state index contributed by atoms with van der Waals surface area (Å²) >= 11 is 7.58. The van der Waals surface area contributed by atoms with E-state index in [1.54, 1.807) is 11.3 Å². The van der Waals surface area contributed by atoms with Gasteiger partial charge < -0.3 is 5.32 Å². The van der Waals surface area contributed by atoms with Crippen molar-refractivity contribution in [1.29, 1.82) is 0 Å². The Labute approximate surface area is 115 Å². The molecule has 0 saturated carbocycles. The highest BCUT2D eigenvalue weighted by Gasteiger charge is 1.99. The molecule has 0 unspecified atom stereocenters. The topological polar surface area (TPSA) is 12.0 Å². The first-order chi connectivity index (χ1) is 8.81. The highest BCUT2D eigenvalue weighted by molar-refractivity contribution is 7.10. The second-order valence-electron chi connectivity index (χ2n) is 4.15. The quantitative estimate of drug-likeness (QED) is 0.694. The van der Waals surface area contributed by atoms with Gasteiger partial charge in [-0.3, -0.25) is 0 Å². The van der Waals surface area contributed by atoms with Gasteiger partial charge in [0.2, 0.25) is 0 Å². The van der Waals surface area contributed by atoms with Gasteiger partial charge in [0.15, 0.2) is 0 Å². The summed E-state index contributed by atoms with van der Waals surface area (Å²) < 4.78 is 0. The van der Waals surface area contributed by atoms with Gasteiger partial charge in [-0.1, -0.05) is 41.9 Å². The van der Waals surface area contributed by atoms with Crippen molar-refractivity contribution in [2.24, 2.45) is 0 Å². The molecule has 18 heavy (non-hydrogen) atoms. The Morgan fingerprint density at radius 3 is 2.61 bits per heavy atom. The number of halogens is 1. The number of anilines is 1. The van der Waals surface area contributed by atoms with Gasteiger partial charge in [-0.2, -0.15) is 0 Å². The first-order valence-corrected chi connectivity index (χ1v) is 7.02. The number of hydrogen-bond acceptors (Lipinski definition) is 2. The summed E-state index contributed by atoms with van der Waals surface area (Å²) in [6.45, 7) is 0.815. The van der Waals surface area contributed by atoms with E-state index in [9.17, 15) is 0 Å². The summed E-state index contributed by atoms with van der Waals surface area (Å²) in [5.74, 6) is 0. The van der Waals surface area contributed by atoms with Gasteiger partial charge in [0.25, 0.3) is 0 Å². The van der Waals surface area contributed by atoms with Gasteiger partial charge in [-0.05, 0) is 29.0 Å². The SMILES string of the molecule is Clc1csc(CNc2ccc3ccccc3c2)c1. The van der Waals surface area contributed by atoms with Gasteiger partial charge >= 0.3 is 0 Å². The number of hydrogen-bond donors (Lipinski definition) is 1. The molecule has 0 atom stereocenters. The predicted molar refractivity (Wildman–Crippen MR) is 80.6 cm³/mol. The van der Waals surface area contributed by atoms with Gasteiger partial charge in [-0.15, -0.1) is 11.3 Å². The third-order valence-corrected chi connectivity index (χ3v) is 4.12. The maximum atomic E-state index is 5.90. The van der Waals surface area contributed by atoms with Crippen molar-refractivity contribution >= 4 is 39.4 Å². The molecule has 0 aliphatic heterocycles. The molecular weight excluding hydrogens is 262 g/mol. The minimum absolute atomic E-state index is 0.815. The minimum Gasteiger partial charge on any atom is -0.380 e. The van der Waals surface area contributed by atoms with Crippen LogP contribution in [0.15, 0.2) is 53.9 Å². The van der Waals surface area contributed by atoms with Crippen molar-refractivity contribution < 1.29 is 0 Å². The zero-order valence-corrected chi connectivity index (χ0v) is 11.3. The van der Waals surface area contributed by atoms with Crippen molar-refractivity contribution in [2.75, 3.05) is 5.32 Å². The lowest BCUT2D eigenvalue weighted by Gasteiger charge is -2.06. The molecule has 90 valence electrons. The molecule has 0 aliphatic rings. The largest absolute Gasteiger partial charge is 0.380 e. The van der Waals surface area contributed by atoms with Gasteiger partial charge in [0.05, 0.1) is 5.02 Å². The molecule has 0 amide bonds. The van der Waals surface area contributed by atoms with E-state index in [4.69, 9.17) is 11.6 Å². The lowest BCUT2D eigenvalue weighted by atomic mass is 10.1. The normalized spacial score (nSPS) is 10.7. The molecule has 3 rings (SSSR count). The molecule has 0 aliphatic carbocycles. The molecule has 1 N–H and O–H groups in total. The zero-order valence-electron chi connectivity index (χ0n) is 9.69. The van der Waals surface area contributed by atoms with E-state index < -0.39 is 0 Å². The first kappa shape index (κ1) is 11.6. The van der Waals surface area contributed by atoms with Crippen LogP contribution in [0.1, 0.15) is 4.88 Å². The fraction of sp³-hybridized carbons (Fsp3) is 0.0667. The van der Waals surface area contributed by atoms with Crippen molar-refractivity contribution in [3.8, 4) is 0 Å². The Bertz CT molecular complexity index is 675. The molecule has 1 nitrogen and oxygen atoms in total. The minimum atomic E-state index is 0.815. The molecule has 0 bridgehead atoms. The van der Waals surface area contributed by atoms with Crippen LogP contribution in [-0.2, 0) is 6.54 Å². The van der Waals surface area contributed by atoms with E-state index in [1.165, 1.54) is 15.6 Å². The molecule has 3 heteroatoms. The van der Waals surface area contributed by atoms with E-state index in [-0.39, 0.29) is 0 Å².